The van der Waals surface area contributed by atoms with Crippen molar-refractivity contribution in [1.82, 2.24) is 9.47 Å². The lowest BCUT2D eigenvalue weighted by Crippen LogP contribution is -2.30. The van der Waals surface area contributed by atoms with E-state index in [2.05, 4.69) is 0 Å². The minimum atomic E-state index is -0.478. The topological polar surface area (TPSA) is 85.9 Å². The molecule has 1 aromatic heterocycles. The summed E-state index contributed by atoms with van der Waals surface area (Å²) in [4.78, 5) is 13.8. The minimum Gasteiger partial charge on any atom is -0.503 e. The molecule has 0 radical (unpaired) electrons. The van der Waals surface area contributed by atoms with Crippen molar-refractivity contribution < 1.29 is 15.3 Å². The van der Waals surface area contributed by atoms with Gasteiger partial charge in [-0.1, -0.05) is 20.8 Å². The first-order valence-electron chi connectivity index (χ1n) is 7.33. The number of aliphatic hydroxyl groups is 2. The predicted octanol–water partition coefficient (Wildman–Crippen LogP) is 0.516. The fourth-order valence-electron chi connectivity index (χ4n) is 2.33. The molecule has 0 aromatic carbocycles. The van der Waals surface area contributed by atoms with Gasteiger partial charge < -0.3 is 19.9 Å². The number of aromatic nitrogens is 1. The number of nitrogens with zero attached hydrogens (tertiary/aromatic N) is 2. The van der Waals surface area contributed by atoms with Gasteiger partial charge in [-0.2, -0.15) is 0 Å². The molecule has 3 N–H and O–H groups in total. The highest BCUT2D eigenvalue weighted by Crippen LogP contribution is 2.19. The summed E-state index contributed by atoms with van der Waals surface area (Å²) < 4.78 is 1.81. The molecule has 0 atom stereocenters. The van der Waals surface area contributed by atoms with Gasteiger partial charge in [0.2, 0.25) is 5.43 Å². The average molecular weight is 298 g/mol. The van der Waals surface area contributed by atoms with Crippen LogP contribution >= 0.6 is 0 Å². The van der Waals surface area contributed by atoms with Crippen LogP contribution in [0.15, 0.2) is 10.9 Å². The van der Waals surface area contributed by atoms with Crippen LogP contribution in [0.2, 0.25) is 0 Å². The van der Waals surface area contributed by atoms with E-state index in [1.54, 1.807) is 4.57 Å². The van der Waals surface area contributed by atoms with E-state index in [0.29, 0.717) is 43.5 Å². The summed E-state index contributed by atoms with van der Waals surface area (Å²) >= 11 is 0. The maximum absolute atomic E-state index is 11.8. The van der Waals surface area contributed by atoms with Crippen molar-refractivity contribution in [2.45, 2.75) is 40.5 Å². The zero-order valence-corrected chi connectivity index (χ0v) is 13.0. The number of hydrogen-bond acceptors (Lipinski definition) is 5. The molecule has 6 heteroatoms. The molecule has 0 aliphatic carbocycles. The molecule has 0 aliphatic rings. The highest BCUT2D eigenvalue weighted by molar-refractivity contribution is 5.30. The van der Waals surface area contributed by atoms with E-state index >= 15 is 0 Å². The Kier molecular flexibility index (Phi) is 6.87. The van der Waals surface area contributed by atoms with Gasteiger partial charge in [0.15, 0.2) is 5.75 Å². The number of hydrogen-bond donors (Lipinski definition) is 3. The molecule has 21 heavy (non-hydrogen) atoms. The van der Waals surface area contributed by atoms with E-state index in [9.17, 15) is 15.0 Å². The normalized spacial score (nSPS) is 11.6. The third kappa shape index (κ3) is 4.56. The third-order valence-electron chi connectivity index (χ3n) is 3.42. The summed E-state index contributed by atoms with van der Waals surface area (Å²) in [7, 11) is 0. The maximum atomic E-state index is 11.8. The van der Waals surface area contributed by atoms with E-state index < -0.39 is 5.43 Å². The van der Waals surface area contributed by atoms with Crippen molar-refractivity contribution in [1.29, 1.82) is 0 Å². The molecule has 0 aliphatic heterocycles. The van der Waals surface area contributed by atoms with Gasteiger partial charge in [0.25, 0.3) is 0 Å². The van der Waals surface area contributed by atoms with Crippen molar-refractivity contribution in [3.63, 3.8) is 0 Å². The van der Waals surface area contributed by atoms with E-state index in [1.165, 1.54) is 6.07 Å². The summed E-state index contributed by atoms with van der Waals surface area (Å²) in [6, 6.07) is 1.28. The molecule has 0 saturated heterocycles. The highest BCUT2D eigenvalue weighted by Gasteiger charge is 2.17. The van der Waals surface area contributed by atoms with Gasteiger partial charge in [0.1, 0.15) is 0 Å². The molecule has 0 saturated carbocycles. The van der Waals surface area contributed by atoms with Gasteiger partial charge in [0, 0.05) is 31.4 Å². The maximum Gasteiger partial charge on any atom is 0.223 e. The number of rotatable bonds is 8. The number of aliphatic hydroxyl groups excluding tert-OH is 2. The molecule has 1 aromatic rings. The minimum absolute atomic E-state index is 0.0166. The summed E-state index contributed by atoms with van der Waals surface area (Å²) in [6.07, 6.45) is 0. The fourth-order valence-corrected chi connectivity index (χ4v) is 2.33. The van der Waals surface area contributed by atoms with Crippen LogP contribution in [0.5, 0.6) is 5.75 Å². The predicted molar refractivity (Wildman–Crippen MR) is 81.2 cm³/mol. The Bertz CT molecular complexity index is 511. The van der Waals surface area contributed by atoms with Crippen LogP contribution in [0.1, 0.15) is 32.2 Å². The Balaban J connectivity index is 3.30. The third-order valence-corrected chi connectivity index (χ3v) is 3.42. The largest absolute Gasteiger partial charge is 0.503 e. The number of pyridine rings is 1. The first kappa shape index (κ1) is 17.7. The van der Waals surface area contributed by atoms with E-state index in [-0.39, 0.29) is 19.0 Å². The number of aromatic hydroxyl groups is 1. The van der Waals surface area contributed by atoms with Crippen LogP contribution in [0.25, 0.3) is 0 Å². The second-order valence-corrected chi connectivity index (χ2v) is 5.55. The molecule has 0 unspecified atom stereocenters. The monoisotopic (exact) mass is 298 g/mol. The Hall–Kier alpha value is -1.37. The van der Waals surface area contributed by atoms with Crippen LogP contribution in [-0.4, -0.2) is 44.5 Å². The lowest BCUT2D eigenvalue weighted by molar-refractivity contribution is 0.189. The van der Waals surface area contributed by atoms with Gasteiger partial charge in [-0.15, -0.1) is 0 Å². The lowest BCUT2D eigenvalue weighted by atomic mass is 10.1. The zero-order valence-electron chi connectivity index (χ0n) is 13.0. The van der Waals surface area contributed by atoms with E-state index in [0.717, 1.165) is 0 Å². The molecule has 0 spiro atoms. The SMILES string of the molecule is CCN(CCO)Cc1c(O)c(=O)cc(CO)n1CC(C)C. The number of likely N-dealkylation sites (N-methyl/N-ethyl adjacent to an activating group) is 1. The Morgan fingerprint density at radius 3 is 2.48 bits per heavy atom. The van der Waals surface area contributed by atoms with Crippen LogP contribution in [0.4, 0.5) is 0 Å². The zero-order chi connectivity index (χ0) is 16.0. The van der Waals surface area contributed by atoms with Crippen molar-refractivity contribution in [2.24, 2.45) is 5.92 Å². The molecule has 1 heterocycles. The Morgan fingerprint density at radius 2 is 2.00 bits per heavy atom. The first-order chi connectivity index (χ1) is 9.94. The smallest absolute Gasteiger partial charge is 0.223 e. The second kappa shape index (κ2) is 8.17. The standard InChI is InChI=1S/C15H26N2O4/c1-4-16(5-6-18)9-13-15(21)14(20)7-12(10-19)17(13)8-11(2)3/h7,11,18-19,21H,4-6,8-10H2,1-3H3. The molecule has 1 rings (SSSR count). The van der Waals surface area contributed by atoms with Gasteiger partial charge in [-0.05, 0) is 12.5 Å². The summed E-state index contributed by atoms with van der Waals surface area (Å²) in [6.45, 7) is 7.91. The van der Waals surface area contributed by atoms with Crippen LogP contribution < -0.4 is 5.43 Å². The van der Waals surface area contributed by atoms with Gasteiger partial charge in [0.05, 0.1) is 18.9 Å². The van der Waals surface area contributed by atoms with E-state index in [1.807, 2.05) is 25.7 Å². The molecule has 6 nitrogen and oxygen atoms in total. The van der Waals surface area contributed by atoms with Crippen LogP contribution in [0, 0.1) is 5.92 Å². The quantitative estimate of drug-likeness (QED) is 0.651. The lowest BCUT2D eigenvalue weighted by Gasteiger charge is -2.25. The van der Waals surface area contributed by atoms with E-state index in [4.69, 9.17) is 5.11 Å². The first-order valence-corrected chi connectivity index (χ1v) is 7.33. The molecule has 0 bridgehead atoms. The second-order valence-electron chi connectivity index (χ2n) is 5.55. The van der Waals surface area contributed by atoms with Gasteiger partial charge in [-0.25, -0.2) is 0 Å². The van der Waals surface area contributed by atoms with Crippen molar-refractivity contribution in [3.8, 4) is 5.75 Å². The van der Waals surface area contributed by atoms with Crippen molar-refractivity contribution in [2.75, 3.05) is 19.7 Å². The molecular formula is C15H26N2O4. The van der Waals surface area contributed by atoms with Crippen molar-refractivity contribution >= 4 is 0 Å². The average Bonchev–Trinajstić information content (AvgIpc) is 2.44. The van der Waals surface area contributed by atoms with Gasteiger partial charge in [-0.3, -0.25) is 9.69 Å². The summed E-state index contributed by atoms with van der Waals surface area (Å²) in [5.41, 5.74) is 0.520. The Labute approximate surface area is 125 Å². The molecular weight excluding hydrogens is 272 g/mol. The van der Waals surface area contributed by atoms with Gasteiger partial charge >= 0.3 is 0 Å². The summed E-state index contributed by atoms with van der Waals surface area (Å²) in [5, 5.41) is 28.7. The highest BCUT2D eigenvalue weighted by atomic mass is 16.3. The van der Waals surface area contributed by atoms with Crippen molar-refractivity contribution in [3.05, 3.63) is 27.7 Å². The van der Waals surface area contributed by atoms with Crippen LogP contribution in [-0.2, 0) is 19.7 Å². The fraction of sp³-hybridized carbons (Fsp3) is 0.667. The molecule has 0 amide bonds. The summed E-state index contributed by atoms with van der Waals surface area (Å²) in [5.74, 6) is 0.0353. The van der Waals surface area contributed by atoms with Crippen LogP contribution in [0.3, 0.4) is 0 Å². The molecule has 120 valence electrons. The Morgan fingerprint density at radius 1 is 1.33 bits per heavy atom. The molecule has 0 fully saturated rings.